The van der Waals surface area contributed by atoms with Crippen LogP contribution in [0.1, 0.15) is 25.3 Å². The van der Waals surface area contributed by atoms with Gasteiger partial charge in [0.2, 0.25) is 5.91 Å². The Morgan fingerprint density at radius 1 is 1.23 bits per heavy atom. The number of morpholine rings is 1. The summed E-state index contributed by atoms with van der Waals surface area (Å²) in [5, 5.41) is 4.10. The van der Waals surface area contributed by atoms with Gasteiger partial charge < -0.3 is 24.6 Å². The van der Waals surface area contributed by atoms with Crippen molar-refractivity contribution in [3.8, 4) is 5.75 Å². The highest BCUT2D eigenvalue weighted by molar-refractivity contribution is 14.0. The van der Waals surface area contributed by atoms with Gasteiger partial charge in [-0.15, -0.1) is 24.0 Å². The highest BCUT2D eigenvalue weighted by Crippen LogP contribution is 2.23. The Labute approximate surface area is 207 Å². The van der Waals surface area contributed by atoms with E-state index in [2.05, 4.69) is 17.1 Å². The third-order valence-corrected chi connectivity index (χ3v) is 6.06. The van der Waals surface area contributed by atoms with Crippen LogP contribution in [0.3, 0.4) is 0 Å². The summed E-state index contributed by atoms with van der Waals surface area (Å²) in [5.74, 6) is 2.07. The molecule has 7 nitrogen and oxygen atoms in total. The van der Waals surface area contributed by atoms with E-state index in [1.807, 2.05) is 23.1 Å². The van der Waals surface area contributed by atoms with E-state index < -0.39 is 0 Å². The van der Waals surface area contributed by atoms with Gasteiger partial charge in [-0.05, 0) is 43.9 Å². The Kier molecular flexibility index (Phi) is 11.2. The second-order valence-electron chi connectivity index (χ2n) is 7.64. The van der Waals surface area contributed by atoms with Crippen molar-refractivity contribution in [1.29, 1.82) is 0 Å². The van der Waals surface area contributed by atoms with Crippen molar-refractivity contribution in [2.45, 2.75) is 26.2 Å². The number of benzene rings is 1. The maximum atomic E-state index is 12.7. The summed E-state index contributed by atoms with van der Waals surface area (Å²) in [5.41, 5.74) is 1.06. The normalized spacial score (nSPS) is 17.8. The Hall–Kier alpha value is -1.26. The molecule has 0 bridgehead atoms. The van der Waals surface area contributed by atoms with Gasteiger partial charge in [0.25, 0.3) is 0 Å². The predicted molar refractivity (Wildman–Crippen MR) is 135 cm³/mol. The molecule has 9 heteroatoms. The Morgan fingerprint density at radius 3 is 2.55 bits per heavy atom. The fourth-order valence-corrected chi connectivity index (χ4v) is 4.21. The molecule has 0 saturated carbocycles. The van der Waals surface area contributed by atoms with Gasteiger partial charge in [-0.2, -0.15) is 0 Å². The molecule has 2 saturated heterocycles. The van der Waals surface area contributed by atoms with Crippen LogP contribution in [0.5, 0.6) is 5.75 Å². The molecule has 2 aliphatic rings. The summed E-state index contributed by atoms with van der Waals surface area (Å²) < 4.78 is 10.6. The number of halogens is 2. The lowest BCUT2D eigenvalue weighted by atomic mass is 9.95. The summed E-state index contributed by atoms with van der Waals surface area (Å²) in [7, 11) is 1.63. The van der Waals surface area contributed by atoms with Gasteiger partial charge in [0.05, 0.1) is 20.3 Å². The second kappa shape index (κ2) is 13.3. The molecule has 0 unspecified atom stereocenters. The summed E-state index contributed by atoms with van der Waals surface area (Å²) in [6.07, 6.45) is 2.50. The third-order valence-electron chi connectivity index (χ3n) is 5.70. The molecule has 1 N–H and O–H groups in total. The molecule has 1 amide bonds. The van der Waals surface area contributed by atoms with E-state index in [4.69, 9.17) is 26.1 Å². The number of ether oxygens (including phenoxy) is 2. The van der Waals surface area contributed by atoms with E-state index in [-0.39, 0.29) is 35.8 Å². The molecule has 0 aromatic heterocycles. The van der Waals surface area contributed by atoms with Gasteiger partial charge >= 0.3 is 0 Å². The van der Waals surface area contributed by atoms with Crippen LogP contribution >= 0.6 is 35.6 Å². The van der Waals surface area contributed by atoms with Crippen LogP contribution < -0.4 is 10.1 Å². The van der Waals surface area contributed by atoms with Crippen LogP contribution in [-0.2, 0) is 16.0 Å². The molecular weight excluding hydrogens is 531 g/mol. The molecule has 0 radical (unpaired) electrons. The number of hydrogen-bond donors (Lipinski definition) is 1. The SMILES string of the molecule is CCNC(=NCCc1ccc(OC)cc1Cl)N1CCC(C(=O)N2CCOCC2)CC1.I. The molecule has 31 heavy (non-hydrogen) atoms. The number of amides is 1. The number of likely N-dealkylation sites (tertiary alicyclic amines) is 1. The highest BCUT2D eigenvalue weighted by Gasteiger charge is 2.30. The Balaban J connectivity index is 0.00000341. The van der Waals surface area contributed by atoms with E-state index in [1.165, 1.54) is 0 Å². The minimum absolute atomic E-state index is 0. The van der Waals surface area contributed by atoms with E-state index >= 15 is 0 Å². The number of hydrogen-bond acceptors (Lipinski definition) is 4. The molecule has 0 aliphatic carbocycles. The van der Waals surface area contributed by atoms with Gasteiger partial charge in [0, 0.05) is 50.2 Å². The minimum Gasteiger partial charge on any atom is -0.497 e. The lowest BCUT2D eigenvalue weighted by Crippen LogP contribution is -2.50. The maximum absolute atomic E-state index is 12.7. The molecule has 2 heterocycles. The number of carbonyl (C=O) groups excluding carboxylic acids is 1. The van der Waals surface area contributed by atoms with E-state index in [1.54, 1.807) is 7.11 Å². The van der Waals surface area contributed by atoms with Crippen molar-refractivity contribution in [2.75, 3.05) is 59.6 Å². The van der Waals surface area contributed by atoms with Crippen molar-refractivity contribution >= 4 is 47.4 Å². The van der Waals surface area contributed by atoms with Gasteiger partial charge in [-0.25, -0.2) is 0 Å². The number of piperidine rings is 1. The first kappa shape index (κ1) is 26.0. The molecule has 0 spiro atoms. The maximum Gasteiger partial charge on any atom is 0.225 e. The average Bonchev–Trinajstić information content (AvgIpc) is 2.79. The van der Waals surface area contributed by atoms with Crippen molar-refractivity contribution in [2.24, 2.45) is 10.9 Å². The number of rotatable bonds is 6. The van der Waals surface area contributed by atoms with Crippen molar-refractivity contribution in [1.82, 2.24) is 15.1 Å². The largest absolute Gasteiger partial charge is 0.497 e. The first-order valence-electron chi connectivity index (χ1n) is 10.8. The zero-order valence-electron chi connectivity index (χ0n) is 18.4. The van der Waals surface area contributed by atoms with Crippen LogP contribution in [0, 0.1) is 5.92 Å². The number of nitrogens with one attached hydrogen (secondary N) is 1. The first-order valence-corrected chi connectivity index (χ1v) is 11.2. The van der Waals surface area contributed by atoms with Crippen LogP contribution in [0.25, 0.3) is 0 Å². The van der Waals surface area contributed by atoms with Gasteiger partial charge in [-0.1, -0.05) is 17.7 Å². The minimum atomic E-state index is 0. The smallest absolute Gasteiger partial charge is 0.225 e. The number of nitrogens with zero attached hydrogens (tertiary/aromatic N) is 3. The first-order chi connectivity index (χ1) is 14.6. The molecule has 2 aliphatic heterocycles. The van der Waals surface area contributed by atoms with Gasteiger partial charge in [0.1, 0.15) is 5.75 Å². The highest BCUT2D eigenvalue weighted by atomic mass is 127. The standard InChI is InChI=1S/C22H33ClN4O3.HI/c1-3-24-22(25-9-6-17-4-5-19(29-2)16-20(17)23)27-10-7-18(8-11-27)21(28)26-12-14-30-15-13-26;/h4-5,16,18H,3,6-15H2,1-2H3,(H,24,25);1H. The van der Waals surface area contributed by atoms with Crippen molar-refractivity contribution < 1.29 is 14.3 Å². The summed E-state index contributed by atoms with van der Waals surface area (Å²) >= 11 is 6.34. The van der Waals surface area contributed by atoms with Crippen molar-refractivity contribution in [3.05, 3.63) is 28.8 Å². The topological polar surface area (TPSA) is 66.4 Å². The molecule has 3 rings (SSSR count). The molecule has 0 atom stereocenters. The van der Waals surface area contributed by atoms with Crippen LogP contribution in [0.4, 0.5) is 0 Å². The van der Waals surface area contributed by atoms with Gasteiger partial charge in [0.15, 0.2) is 5.96 Å². The van der Waals surface area contributed by atoms with E-state index in [0.717, 1.165) is 69.3 Å². The predicted octanol–water partition coefficient (Wildman–Crippen LogP) is 3.05. The van der Waals surface area contributed by atoms with Crippen molar-refractivity contribution in [3.63, 3.8) is 0 Å². The van der Waals surface area contributed by atoms with Crippen LogP contribution in [0.15, 0.2) is 23.2 Å². The van der Waals surface area contributed by atoms with Gasteiger partial charge in [-0.3, -0.25) is 9.79 Å². The quantitative estimate of drug-likeness (QED) is 0.327. The second-order valence-corrected chi connectivity index (χ2v) is 8.05. The fraction of sp³-hybridized carbons (Fsp3) is 0.636. The molecule has 1 aromatic rings. The zero-order chi connectivity index (χ0) is 21.3. The Bertz CT molecular complexity index is 735. The van der Waals surface area contributed by atoms with E-state index in [9.17, 15) is 4.79 Å². The Morgan fingerprint density at radius 2 is 1.94 bits per heavy atom. The average molecular weight is 565 g/mol. The number of carbonyl (C=O) groups is 1. The summed E-state index contributed by atoms with van der Waals surface area (Å²) in [6, 6.07) is 5.75. The summed E-state index contributed by atoms with van der Waals surface area (Å²) in [4.78, 5) is 21.8. The zero-order valence-corrected chi connectivity index (χ0v) is 21.5. The summed E-state index contributed by atoms with van der Waals surface area (Å²) in [6.45, 7) is 7.97. The lowest BCUT2D eigenvalue weighted by molar-refractivity contribution is -0.140. The molecular formula is C22H34ClIN4O3. The fourth-order valence-electron chi connectivity index (χ4n) is 3.95. The molecule has 1 aromatic carbocycles. The number of guanidine groups is 1. The number of methoxy groups -OCH3 is 1. The molecule has 2 fully saturated rings. The number of aliphatic imine (C=N–C) groups is 1. The van der Waals surface area contributed by atoms with E-state index in [0.29, 0.717) is 24.8 Å². The van der Waals surface area contributed by atoms with Crippen LogP contribution in [0.2, 0.25) is 5.02 Å². The third kappa shape index (κ3) is 7.39. The monoisotopic (exact) mass is 564 g/mol. The lowest BCUT2D eigenvalue weighted by Gasteiger charge is -2.36. The van der Waals surface area contributed by atoms with Crippen LogP contribution in [-0.4, -0.2) is 81.3 Å². The molecule has 174 valence electrons.